The number of hydrogen-bond acceptors (Lipinski definition) is 2. The Morgan fingerprint density at radius 1 is 1.30 bits per heavy atom. The van der Waals surface area contributed by atoms with Crippen LogP contribution >= 0.6 is 0 Å². The Bertz CT molecular complexity index is 346. The summed E-state index contributed by atoms with van der Waals surface area (Å²) in [6.45, 7) is 8.11. The monoisotopic (exact) mass is 284 g/mol. The lowest BCUT2D eigenvalue weighted by Gasteiger charge is -2.35. The van der Waals surface area contributed by atoms with Crippen LogP contribution in [0.3, 0.4) is 0 Å². The van der Waals surface area contributed by atoms with E-state index in [0.717, 1.165) is 12.8 Å². The summed E-state index contributed by atoms with van der Waals surface area (Å²) >= 11 is 0. The summed E-state index contributed by atoms with van der Waals surface area (Å²) in [6.07, 6.45) is 4.00. The summed E-state index contributed by atoms with van der Waals surface area (Å²) in [4.78, 5) is 23.2. The SMILES string of the molecule is CCC(C)C(NC(=O)NC1CCCC(C)C1C)C(=O)O. The number of carbonyl (C=O) groups is 2. The van der Waals surface area contributed by atoms with Gasteiger partial charge in [-0.3, -0.25) is 0 Å². The lowest BCUT2D eigenvalue weighted by atomic mass is 9.78. The van der Waals surface area contributed by atoms with Crippen LogP contribution in [0.15, 0.2) is 0 Å². The standard InChI is InChI=1S/C15H28N2O3/c1-5-9(2)13(14(18)19)17-15(20)16-12-8-6-7-10(3)11(12)4/h9-13H,5-8H2,1-4H3,(H,18,19)(H2,16,17,20). The third-order valence-electron chi connectivity index (χ3n) is 4.79. The minimum absolute atomic E-state index is 0.0825. The van der Waals surface area contributed by atoms with Crippen molar-refractivity contribution in [3.63, 3.8) is 0 Å². The molecule has 0 radical (unpaired) electrons. The normalized spacial score (nSPS) is 29.3. The molecule has 5 nitrogen and oxygen atoms in total. The van der Waals surface area contributed by atoms with Crippen LogP contribution in [0.4, 0.5) is 4.79 Å². The maximum absolute atomic E-state index is 12.0. The molecule has 1 aliphatic rings. The molecule has 1 aliphatic carbocycles. The fraction of sp³-hybridized carbons (Fsp3) is 0.867. The quantitative estimate of drug-likeness (QED) is 0.726. The van der Waals surface area contributed by atoms with Crippen molar-refractivity contribution in [1.29, 1.82) is 0 Å². The highest BCUT2D eigenvalue weighted by molar-refractivity contribution is 5.82. The van der Waals surface area contributed by atoms with Crippen molar-refractivity contribution in [3.05, 3.63) is 0 Å². The molecule has 3 N–H and O–H groups in total. The van der Waals surface area contributed by atoms with Crippen LogP contribution in [0.1, 0.15) is 53.4 Å². The number of rotatable bonds is 5. The maximum atomic E-state index is 12.0. The molecule has 0 spiro atoms. The predicted octanol–water partition coefficient (Wildman–Crippen LogP) is 2.61. The van der Waals surface area contributed by atoms with E-state index in [0.29, 0.717) is 18.3 Å². The molecular weight excluding hydrogens is 256 g/mol. The van der Waals surface area contributed by atoms with Gasteiger partial charge >= 0.3 is 12.0 Å². The third kappa shape index (κ3) is 4.39. The third-order valence-corrected chi connectivity index (χ3v) is 4.79. The first kappa shape index (κ1) is 16.8. The second-order valence-electron chi connectivity index (χ2n) is 6.19. The molecule has 0 saturated heterocycles. The summed E-state index contributed by atoms with van der Waals surface area (Å²) in [5.41, 5.74) is 0. The number of aliphatic carboxylic acids is 1. The molecule has 1 fully saturated rings. The average molecular weight is 284 g/mol. The van der Waals surface area contributed by atoms with Crippen LogP contribution in [0, 0.1) is 17.8 Å². The van der Waals surface area contributed by atoms with Crippen LogP contribution in [-0.2, 0) is 4.79 Å². The Balaban J connectivity index is 2.55. The summed E-state index contributed by atoms with van der Waals surface area (Å²) in [5.74, 6) is -0.0271. The van der Waals surface area contributed by atoms with Crippen molar-refractivity contribution >= 4 is 12.0 Å². The maximum Gasteiger partial charge on any atom is 0.326 e. The van der Waals surface area contributed by atoms with E-state index < -0.39 is 12.0 Å². The average Bonchev–Trinajstić information content (AvgIpc) is 2.40. The van der Waals surface area contributed by atoms with Gasteiger partial charge in [0.05, 0.1) is 0 Å². The topological polar surface area (TPSA) is 78.4 Å². The highest BCUT2D eigenvalue weighted by Gasteiger charge is 2.30. The Hall–Kier alpha value is -1.26. The van der Waals surface area contributed by atoms with Gasteiger partial charge in [0.1, 0.15) is 6.04 Å². The number of carbonyl (C=O) groups excluding carboxylic acids is 1. The number of carboxylic acid groups (broad SMARTS) is 1. The van der Waals surface area contributed by atoms with Crippen molar-refractivity contribution in [2.24, 2.45) is 17.8 Å². The number of urea groups is 1. The van der Waals surface area contributed by atoms with Gasteiger partial charge < -0.3 is 15.7 Å². The molecular formula is C15H28N2O3. The van der Waals surface area contributed by atoms with E-state index in [1.165, 1.54) is 6.42 Å². The first-order valence-electron chi connectivity index (χ1n) is 7.66. The Labute approximate surface area is 121 Å². The second kappa shape index (κ2) is 7.50. The van der Waals surface area contributed by atoms with Crippen LogP contribution in [0.5, 0.6) is 0 Å². The van der Waals surface area contributed by atoms with Crippen LogP contribution < -0.4 is 10.6 Å². The molecule has 5 atom stereocenters. The van der Waals surface area contributed by atoms with E-state index in [1.54, 1.807) is 0 Å². The van der Waals surface area contributed by atoms with Crippen LogP contribution in [-0.4, -0.2) is 29.2 Å². The lowest BCUT2D eigenvalue weighted by molar-refractivity contribution is -0.140. The smallest absolute Gasteiger partial charge is 0.326 e. The molecule has 1 saturated carbocycles. The van der Waals surface area contributed by atoms with Crippen molar-refractivity contribution in [2.75, 3.05) is 0 Å². The number of hydrogen-bond donors (Lipinski definition) is 3. The van der Waals surface area contributed by atoms with Crippen molar-refractivity contribution in [2.45, 2.75) is 65.5 Å². The van der Waals surface area contributed by atoms with Gasteiger partial charge in [-0.2, -0.15) is 0 Å². The van der Waals surface area contributed by atoms with Crippen LogP contribution in [0.25, 0.3) is 0 Å². The Morgan fingerprint density at radius 3 is 2.50 bits per heavy atom. The molecule has 5 heteroatoms. The number of nitrogens with one attached hydrogen (secondary N) is 2. The van der Waals surface area contributed by atoms with E-state index in [1.807, 2.05) is 13.8 Å². The molecule has 5 unspecified atom stereocenters. The van der Waals surface area contributed by atoms with Crippen molar-refractivity contribution in [3.8, 4) is 0 Å². The van der Waals surface area contributed by atoms with Gasteiger partial charge in [0, 0.05) is 6.04 Å². The Kier molecular flexibility index (Phi) is 6.30. The molecule has 0 heterocycles. The summed E-state index contributed by atoms with van der Waals surface area (Å²) in [6, 6.07) is -1.04. The predicted molar refractivity (Wildman–Crippen MR) is 78.5 cm³/mol. The summed E-state index contributed by atoms with van der Waals surface area (Å²) in [7, 11) is 0. The van der Waals surface area contributed by atoms with Gasteiger partial charge in [-0.05, 0) is 24.2 Å². The van der Waals surface area contributed by atoms with Gasteiger partial charge in [-0.1, -0.05) is 47.0 Å². The molecule has 20 heavy (non-hydrogen) atoms. The molecule has 0 aromatic heterocycles. The highest BCUT2D eigenvalue weighted by atomic mass is 16.4. The minimum atomic E-state index is -0.973. The van der Waals surface area contributed by atoms with Gasteiger partial charge in [0.15, 0.2) is 0 Å². The van der Waals surface area contributed by atoms with Gasteiger partial charge in [0.2, 0.25) is 0 Å². The molecule has 0 aromatic rings. The Morgan fingerprint density at radius 2 is 1.95 bits per heavy atom. The van der Waals surface area contributed by atoms with E-state index in [4.69, 9.17) is 0 Å². The first-order chi connectivity index (χ1) is 9.36. The van der Waals surface area contributed by atoms with E-state index in [2.05, 4.69) is 24.5 Å². The molecule has 0 aliphatic heterocycles. The molecule has 0 bridgehead atoms. The van der Waals surface area contributed by atoms with Gasteiger partial charge in [0.25, 0.3) is 0 Å². The molecule has 1 rings (SSSR count). The summed E-state index contributed by atoms with van der Waals surface area (Å²) in [5, 5.41) is 14.7. The fourth-order valence-electron chi connectivity index (χ4n) is 2.82. The largest absolute Gasteiger partial charge is 0.480 e. The van der Waals surface area contributed by atoms with E-state index in [-0.39, 0.29) is 18.0 Å². The molecule has 2 amide bonds. The first-order valence-corrected chi connectivity index (χ1v) is 7.66. The van der Waals surface area contributed by atoms with E-state index >= 15 is 0 Å². The van der Waals surface area contributed by atoms with Crippen molar-refractivity contribution in [1.82, 2.24) is 10.6 Å². The molecule has 0 aromatic carbocycles. The van der Waals surface area contributed by atoms with Crippen LogP contribution in [0.2, 0.25) is 0 Å². The number of carboxylic acids is 1. The zero-order valence-electron chi connectivity index (χ0n) is 13.0. The van der Waals surface area contributed by atoms with E-state index in [9.17, 15) is 14.7 Å². The zero-order valence-corrected chi connectivity index (χ0v) is 13.0. The fourth-order valence-corrected chi connectivity index (χ4v) is 2.82. The minimum Gasteiger partial charge on any atom is -0.480 e. The second-order valence-corrected chi connectivity index (χ2v) is 6.19. The number of amides is 2. The van der Waals surface area contributed by atoms with Gasteiger partial charge in [-0.15, -0.1) is 0 Å². The zero-order chi connectivity index (χ0) is 15.3. The van der Waals surface area contributed by atoms with Crippen molar-refractivity contribution < 1.29 is 14.7 Å². The summed E-state index contributed by atoms with van der Waals surface area (Å²) < 4.78 is 0. The highest BCUT2D eigenvalue weighted by Crippen LogP contribution is 2.29. The molecule has 116 valence electrons. The van der Waals surface area contributed by atoms with Gasteiger partial charge in [-0.25, -0.2) is 9.59 Å². The lowest BCUT2D eigenvalue weighted by Crippen LogP contribution is -2.53.